The van der Waals surface area contributed by atoms with Gasteiger partial charge in [0.1, 0.15) is 0 Å². The van der Waals surface area contributed by atoms with Gasteiger partial charge in [-0.25, -0.2) is 8.42 Å². The van der Waals surface area contributed by atoms with Crippen molar-refractivity contribution < 1.29 is 17.6 Å². The first-order chi connectivity index (χ1) is 11.3. The summed E-state index contributed by atoms with van der Waals surface area (Å²) in [4.78, 5) is 11.5. The zero-order chi connectivity index (χ0) is 17.3. The maximum atomic E-state index is 12.3. The van der Waals surface area contributed by atoms with Gasteiger partial charge in [0.25, 0.3) is 0 Å². The first-order valence-electron chi connectivity index (χ1n) is 7.12. The second kappa shape index (κ2) is 6.70. The van der Waals surface area contributed by atoms with Crippen molar-refractivity contribution in [2.24, 2.45) is 5.92 Å². The summed E-state index contributed by atoms with van der Waals surface area (Å²) in [5.41, 5.74) is 0.378. The fourth-order valence-electron chi connectivity index (χ4n) is 1.99. The quantitative estimate of drug-likeness (QED) is 0.813. The zero-order valence-corrected chi connectivity index (χ0v) is 14.7. The fraction of sp³-hybridized carbons (Fsp3) is 0.357. The van der Waals surface area contributed by atoms with E-state index in [1.165, 1.54) is 12.1 Å². The third-order valence-electron chi connectivity index (χ3n) is 3.44. The van der Waals surface area contributed by atoms with Gasteiger partial charge in [0.2, 0.25) is 21.6 Å². The van der Waals surface area contributed by atoms with Gasteiger partial charge >= 0.3 is 5.22 Å². The van der Waals surface area contributed by atoms with E-state index in [4.69, 9.17) is 27.6 Å². The molecule has 1 heterocycles. The number of carbonyl (C=O) groups is 1. The Labute approximate surface area is 148 Å². The summed E-state index contributed by atoms with van der Waals surface area (Å²) in [5.74, 6) is -0.405. The Bertz CT molecular complexity index is 878. The highest BCUT2D eigenvalue weighted by Gasteiger charge is 2.30. The molecule has 0 saturated heterocycles. The second-order valence-corrected chi connectivity index (χ2v) is 8.16. The molecule has 1 aromatic carbocycles. The van der Waals surface area contributed by atoms with Crippen molar-refractivity contribution in [3.05, 3.63) is 39.7 Å². The lowest BCUT2D eigenvalue weighted by Gasteiger charge is -2.03. The summed E-state index contributed by atoms with van der Waals surface area (Å²) >= 11 is 11.8. The molecule has 3 rings (SSSR count). The van der Waals surface area contributed by atoms with E-state index >= 15 is 0 Å². The predicted molar refractivity (Wildman–Crippen MR) is 86.2 cm³/mol. The van der Waals surface area contributed by atoms with Crippen LogP contribution >= 0.6 is 23.2 Å². The van der Waals surface area contributed by atoms with Crippen LogP contribution in [0.2, 0.25) is 10.0 Å². The number of amides is 1. The number of rotatable bonds is 6. The van der Waals surface area contributed by atoms with Crippen LogP contribution in [0.3, 0.4) is 0 Å². The molecule has 1 fully saturated rings. The third-order valence-corrected chi connectivity index (χ3v) is 5.41. The molecule has 0 spiro atoms. The highest BCUT2D eigenvalue weighted by molar-refractivity contribution is 7.90. The Kier molecular flexibility index (Phi) is 4.80. The van der Waals surface area contributed by atoms with E-state index in [-0.39, 0.29) is 35.0 Å². The van der Waals surface area contributed by atoms with Crippen LogP contribution in [0.25, 0.3) is 0 Å². The minimum absolute atomic E-state index is 0.000442. The molecule has 24 heavy (non-hydrogen) atoms. The first kappa shape index (κ1) is 17.2. The van der Waals surface area contributed by atoms with Gasteiger partial charge in [-0.2, -0.15) is 0 Å². The van der Waals surface area contributed by atoms with Crippen LogP contribution in [0, 0.1) is 5.92 Å². The summed E-state index contributed by atoms with van der Waals surface area (Å²) in [7, 11) is -3.85. The van der Waals surface area contributed by atoms with Crippen LogP contribution < -0.4 is 5.32 Å². The summed E-state index contributed by atoms with van der Waals surface area (Å²) in [6.07, 6.45) is 1.74. The number of hydrogen-bond donors (Lipinski definition) is 1. The average molecular weight is 390 g/mol. The molecule has 1 saturated carbocycles. The Morgan fingerprint density at radius 1 is 1.29 bits per heavy atom. The van der Waals surface area contributed by atoms with Crippen LogP contribution in [0.1, 0.15) is 24.3 Å². The molecule has 1 aliphatic rings. The molecular formula is C14H13Cl2N3O4S. The molecule has 1 amide bonds. The number of nitrogens with zero attached hydrogens (tertiary/aromatic N) is 2. The molecule has 0 unspecified atom stereocenters. The van der Waals surface area contributed by atoms with Crippen molar-refractivity contribution in [3.8, 4) is 0 Å². The number of nitrogens with one attached hydrogen (secondary N) is 1. The number of halogens is 2. The van der Waals surface area contributed by atoms with E-state index in [0.29, 0.717) is 10.6 Å². The minimum Gasteiger partial charge on any atom is -0.411 e. The highest BCUT2D eigenvalue weighted by atomic mass is 35.5. The second-order valence-electron chi connectivity index (χ2n) is 5.45. The SMILES string of the molecule is O=C(NCc1nnc(S(=O)(=O)Cc2ccc(Cl)cc2Cl)o1)C1CC1. The lowest BCUT2D eigenvalue weighted by molar-refractivity contribution is -0.122. The van der Waals surface area contributed by atoms with Gasteiger partial charge in [-0.3, -0.25) is 4.79 Å². The van der Waals surface area contributed by atoms with E-state index in [1.54, 1.807) is 6.07 Å². The van der Waals surface area contributed by atoms with Crippen molar-refractivity contribution in [2.45, 2.75) is 30.4 Å². The largest absolute Gasteiger partial charge is 0.411 e. The lowest BCUT2D eigenvalue weighted by Crippen LogP contribution is -2.24. The van der Waals surface area contributed by atoms with Crippen LogP contribution in [0.5, 0.6) is 0 Å². The molecule has 7 nitrogen and oxygen atoms in total. The first-order valence-corrected chi connectivity index (χ1v) is 9.53. The van der Waals surface area contributed by atoms with E-state index in [0.717, 1.165) is 12.8 Å². The molecule has 10 heteroatoms. The Morgan fingerprint density at radius 3 is 2.71 bits per heavy atom. The zero-order valence-electron chi connectivity index (χ0n) is 12.3. The third kappa shape index (κ3) is 4.06. The lowest BCUT2D eigenvalue weighted by atomic mass is 10.2. The number of sulfone groups is 1. The maximum absolute atomic E-state index is 12.3. The molecule has 1 N–H and O–H groups in total. The number of benzene rings is 1. The standard InChI is InChI=1S/C14H13Cl2N3O4S/c15-10-4-3-9(11(16)5-10)7-24(21,22)14-19-18-12(23-14)6-17-13(20)8-1-2-8/h3-5,8H,1-2,6-7H2,(H,17,20). The predicted octanol–water partition coefficient (Wildman–Crippen LogP) is 2.38. The van der Waals surface area contributed by atoms with Crippen molar-refractivity contribution in [1.29, 1.82) is 0 Å². The molecule has 1 aromatic heterocycles. The van der Waals surface area contributed by atoms with E-state index in [2.05, 4.69) is 15.5 Å². The Balaban J connectivity index is 1.69. The molecule has 0 radical (unpaired) electrons. The van der Waals surface area contributed by atoms with Crippen molar-refractivity contribution >= 4 is 38.9 Å². The van der Waals surface area contributed by atoms with Crippen LogP contribution in [0.15, 0.2) is 27.8 Å². The van der Waals surface area contributed by atoms with E-state index in [9.17, 15) is 13.2 Å². The van der Waals surface area contributed by atoms with Gasteiger partial charge in [0, 0.05) is 16.0 Å². The van der Waals surface area contributed by atoms with Crippen LogP contribution in [-0.4, -0.2) is 24.5 Å². The fourth-order valence-corrected chi connectivity index (χ4v) is 3.72. The van der Waals surface area contributed by atoms with Crippen molar-refractivity contribution in [3.63, 3.8) is 0 Å². The number of carbonyl (C=O) groups excluding carboxylic acids is 1. The molecule has 0 aliphatic heterocycles. The van der Waals surface area contributed by atoms with Crippen LogP contribution in [-0.2, 0) is 26.9 Å². The average Bonchev–Trinajstić information content (AvgIpc) is 3.25. The highest BCUT2D eigenvalue weighted by Crippen LogP contribution is 2.29. The molecule has 2 aromatic rings. The normalized spacial score (nSPS) is 14.6. The van der Waals surface area contributed by atoms with Gasteiger partial charge in [-0.1, -0.05) is 34.4 Å². The van der Waals surface area contributed by atoms with Crippen LogP contribution in [0.4, 0.5) is 0 Å². The number of aromatic nitrogens is 2. The number of hydrogen-bond acceptors (Lipinski definition) is 6. The van der Waals surface area contributed by atoms with E-state index < -0.39 is 15.1 Å². The minimum atomic E-state index is -3.85. The summed E-state index contributed by atoms with van der Waals surface area (Å²) in [6, 6.07) is 4.53. The smallest absolute Gasteiger partial charge is 0.335 e. The van der Waals surface area contributed by atoms with Crippen molar-refractivity contribution in [2.75, 3.05) is 0 Å². The molecular weight excluding hydrogens is 377 g/mol. The topological polar surface area (TPSA) is 102 Å². The van der Waals surface area contributed by atoms with Gasteiger partial charge in [0.15, 0.2) is 0 Å². The molecule has 0 atom stereocenters. The summed E-state index contributed by atoms with van der Waals surface area (Å²) in [6.45, 7) is -0.000442. The van der Waals surface area contributed by atoms with Gasteiger partial charge in [-0.15, -0.1) is 5.10 Å². The monoisotopic (exact) mass is 389 g/mol. The molecule has 1 aliphatic carbocycles. The maximum Gasteiger partial charge on any atom is 0.335 e. The summed E-state index contributed by atoms with van der Waals surface area (Å²) < 4.78 is 29.8. The molecule has 0 bridgehead atoms. The van der Waals surface area contributed by atoms with Gasteiger partial charge < -0.3 is 9.73 Å². The van der Waals surface area contributed by atoms with E-state index in [1.807, 2.05) is 0 Å². The van der Waals surface area contributed by atoms with Gasteiger partial charge in [-0.05, 0) is 30.5 Å². The van der Waals surface area contributed by atoms with Gasteiger partial charge in [0.05, 0.1) is 12.3 Å². The molecule has 128 valence electrons. The Morgan fingerprint density at radius 2 is 2.04 bits per heavy atom. The van der Waals surface area contributed by atoms with Crippen molar-refractivity contribution in [1.82, 2.24) is 15.5 Å². The Hall–Kier alpha value is -1.64. The summed E-state index contributed by atoms with van der Waals surface area (Å²) in [5, 5.41) is 9.96.